The first-order valence-electron chi connectivity index (χ1n) is 28.4. The minimum absolute atomic E-state index is 0.0196. The SMILES string of the molecule is CO[C@H]1C[C@@H]2CC[C@@H](C)[C@@](O)(O2)C(=O)C(=O)N2CCCC[C@H]2C(=O)O[C@H]([C@H](C)C[C@@H]2CC[C@@H](O[Si](C(C)C)(C(C)C)C(C)C)[C@H](OC)C2)CC(=O)[C@H](C)/C=C(\C)[C@@H](O)[C@@H](OC)C(=O)[C@H](C)C[C@H](C)\C=C/C=C/C=C/1C. The van der Waals surface area contributed by atoms with Gasteiger partial charge in [0.1, 0.15) is 30.1 Å². The fourth-order valence-electron chi connectivity index (χ4n) is 12.9. The van der Waals surface area contributed by atoms with E-state index in [1.54, 1.807) is 41.1 Å². The third-order valence-electron chi connectivity index (χ3n) is 17.5. The van der Waals surface area contributed by atoms with Gasteiger partial charge in [0.25, 0.3) is 11.7 Å². The van der Waals surface area contributed by atoms with Crippen molar-refractivity contribution in [1.82, 2.24) is 4.90 Å². The molecule has 0 aromatic carbocycles. The largest absolute Gasteiger partial charge is 0.460 e. The van der Waals surface area contributed by atoms with Crippen molar-refractivity contribution in [3.8, 4) is 0 Å². The molecule has 15 heteroatoms. The number of piperidine rings is 1. The van der Waals surface area contributed by atoms with E-state index < -0.39 is 86.1 Å². The molecule has 2 bridgehead atoms. The molecule has 0 unspecified atom stereocenters. The Labute approximate surface area is 452 Å². The number of hydrogen-bond acceptors (Lipinski definition) is 13. The molecule has 1 aliphatic carbocycles. The Morgan fingerprint density at radius 3 is 2.05 bits per heavy atom. The van der Waals surface area contributed by atoms with E-state index in [0.29, 0.717) is 67.1 Å². The van der Waals surface area contributed by atoms with E-state index in [2.05, 4.69) is 41.5 Å². The van der Waals surface area contributed by atoms with E-state index in [1.807, 2.05) is 58.1 Å². The Kier molecular flexibility index (Phi) is 25.0. The molecular formula is C60H99NO13Si. The van der Waals surface area contributed by atoms with Crippen LogP contribution in [0.15, 0.2) is 47.6 Å². The third-order valence-corrected chi connectivity index (χ3v) is 23.6. The summed E-state index contributed by atoms with van der Waals surface area (Å²) in [5, 5.41) is 23.7. The smallest absolute Gasteiger partial charge is 0.329 e. The molecule has 3 heterocycles. The fourth-order valence-corrected chi connectivity index (χ4v) is 18.5. The topological polar surface area (TPSA) is 184 Å². The first-order chi connectivity index (χ1) is 35.3. The van der Waals surface area contributed by atoms with Gasteiger partial charge in [-0.3, -0.25) is 19.2 Å². The zero-order chi connectivity index (χ0) is 56.1. The maximum Gasteiger partial charge on any atom is 0.329 e. The highest BCUT2D eigenvalue weighted by Crippen LogP contribution is 2.46. The van der Waals surface area contributed by atoms with Crippen molar-refractivity contribution < 1.29 is 62.3 Å². The summed E-state index contributed by atoms with van der Waals surface area (Å²) in [4.78, 5) is 73.0. The number of esters is 1. The number of methoxy groups -OCH3 is 3. The molecule has 0 aromatic rings. The lowest BCUT2D eigenvalue weighted by atomic mass is 9.78. The van der Waals surface area contributed by atoms with E-state index in [0.717, 1.165) is 24.8 Å². The molecule has 3 fully saturated rings. The third kappa shape index (κ3) is 16.2. The van der Waals surface area contributed by atoms with E-state index in [-0.39, 0.29) is 60.9 Å². The summed E-state index contributed by atoms with van der Waals surface area (Å²) >= 11 is 0. The highest BCUT2D eigenvalue weighted by atomic mass is 28.4. The lowest BCUT2D eigenvalue weighted by Gasteiger charge is -2.48. The van der Waals surface area contributed by atoms with Gasteiger partial charge in [-0.2, -0.15) is 0 Å². The minimum atomic E-state index is -2.43. The van der Waals surface area contributed by atoms with Crippen molar-refractivity contribution >= 4 is 37.5 Å². The van der Waals surface area contributed by atoms with Crippen molar-refractivity contribution in [3.63, 3.8) is 0 Å². The van der Waals surface area contributed by atoms with Gasteiger partial charge in [-0.05, 0) is 124 Å². The molecular weight excluding hydrogens is 971 g/mol. The normalized spacial score (nSPS) is 37.1. The van der Waals surface area contributed by atoms with Gasteiger partial charge in [-0.1, -0.05) is 113 Å². The first kappa shape index (κ1) is 64.4. The van der Waals surface area contributed by atoms with Gasteiger partial charge in [0.15, 0.2) is 5.78 Å². The average molecular weight is 1070 g/mol. The predicted molar refractivity (Wildman–Crippen MR) is 295 cm³/mol. The molecule has 426 valence electrons. The number of aliphatic hydroxyl groups is 2. The van der Waals surface area contributed by atoms with Crippen LogP contribution in [0.2, 0.25) is 16.6 Å². The van der Waals surface area contributed by atoms with Crippen LogP contribution in [0.1, 0.15) is 167 Å². The van der Waals surface area contributed by atoms with Crippen molar-refractivity contribution in [2.45, 2.75) is 238 Å². The highest BCUT2D eigenvalue weighted by molar-refractivity contribution is 6.77. The van der Waals surface area contributed by atoms with Gasteiger partial charge in [0, 0.05) is 58.5 Å². The van der Waals surface area contributed by atoms with Crippen molar-refractivity contribution in [1.29, 1.82) is 0 Å². The first-order valence-corrected chi connectivity index (χ1v) is 30.6. The van der Waals surface area contributed by atoms with Crippen molar-refractivity contribution in [2.75, 3.05) is 27.9 Å². The van der Waals surface area contributed by atoms with Crippen LogP contribution in [0, 0.1) is 35.5 Å². The zero-order valence-corrected chi connectivity index (χ0v) is 49.8. The minimum Gasteiger partial charge on any atom is -0.460 e. The number of amides is 1. The summed E-state index contributed by atoms with van der Waals surface area (Å²) in [5.74, 6) is -7.78. The van der Waals surface area contributed by atoms with Gasteiger partial charge in [0.05, 0.1) is 24.4 Å². The number of cyclic esters (lactones) is 1. The van der Waals surface area contributed by atoms with Crippen molar-refractivity contribution in [2.24, 2.45) is 35.5 Å². The molecule has 14 nitrogen and oxygen atoms in total. The number of ether oxygens (including phenoxy) is 5. The lowest BCUT2D eigenvalue weighted by molar-refractivity contribution is -0.265. The van der Waals surface area contributed by atoms with Gasteiger partial charge >= 0.3 is 5.97 Å². The zero-order valence-electron chi connectivity index (χ0n) is 48.8. The van der Waals surface area contributed by atoms with Crippen molar-refractivity contribution in [3.05, 3.63) is 47.6 Å². The molecule has 3 aliphatic heterocycles. The number of aliphatic hydroxyl groups excluding tert-OH is 1. The fraction of sp³-hybridized carbons (Fsp3) is 0.783. The van der Waals surface area contributed by atoms with E-state index in [1.165, 1.54) is 12.0 Å². The molecule has 2 saturated heterocycles. The summed E-state index contributed by atoms with van der Waals surface area (Å²) in [6, 6.07) is -1.13. The average Bonchev–Trinajstić information content (AvgIpc) is 3.36. The molecule has 1 amide bonds. The molecule has 1 saturated carbocycles. The van der Waals surface area contributed by atoms with Crippen LogP contribution in [0.25, 0.3) is 0 Å². The number of carbonyl (C=O) groups is 5. The Hall–Kier alpha value is -3.15. The number of Topliss-reactive ketones (excluding diaryl/α,β-unsaturated/α-hetero) is 3. The maximum absolute atomic E-state index is 14.7. The number of rotatable bonds is 11. The van der Waals surface area contributed by atoms with Gasteiger partial charge in [-0.15, -0.1) is 0 Å². The summed E-state index contributed by atoms with van der Waals surface area (Å²) in [6.45, 7) is 26.7. The van der Waals surface area contributed by atoms with Crippen LogP contribution in [0.5, 0.6) is 0 Å². The molecule has 2 N–H and O–H groups in total. The molecule has 75 heavy (non-hydrogen) atoms. The monoisotopic (exact) mass is 1070 g/mol. The number of nitrogens with zero attached hydrogens (tertiary/aromatic N) is 1. The van der Waals surface area contributed by atoms with Gasteiger partial charge < -0.3 is 43.2 Å². The second kappa shape index (κ2) is 29.2. The van der Waals surface area contributed by atoms with Crippen LogP contribution in [-0.4, -0.2) is 135 Å². The van der Waals surface area contributed by atoms with Crippen LogP contribution in [0.3, 0.4) is 0 Å². The molecule has 0 radical (unpaired) electrons. The van der Waals surface area contributed by atoms with Gasteiger partial charge in [0.2, 0.25) is 14.1 Å². The maximum atomic E-state index is 14.7. The van der Waals surface area contributed by atoms with E-state index in [9.17, 15) is 34.2 Å². The predicted octanol–water partition coefficient (Wildman–Crippen LogP) is 10.4. The number of allylic oxidation sites excluding steroid dienone is 6. The van der Waals surface area contributed by atoms with Crippen LogP contribution >= 0.6 is 0 Å². The number of hydrogen-bond donors (Lipinski definition) is 2. The number of carbonyl (C=O) groups excluding carboxylic acids is 5. The number of ketones is 3. The van der Waals surface area contributed by atoms with Crippen LogP contribution in [0.4, 0.5) is 0 Å². The van der Waals surface area contributed by atoms with Crippen LogP contribution < -0.4 is 0 Å². The summed E-state index contributed by atoms with van der Waals surface area (Å²) in [7, 11) is 2.52. The van der Waals surface area contributed by atoms with E-state index in [4.69, 9.17) is 28.1 Å². The Morgan fingerprint density at radius 1 is 0.773 bits per heavy atom. The number of fused-ring (bicyclic) bond motifs is 3. The molecule has 4 aliphatic rings. The Morgan fingerprint density at radius 2 is 1.44 bits per heavy atom. The quantitative estimate of drug-likeness (QED) is 0.0863. The standard InChI is InChI=1S/C60H99NO13Si/c1-36(2)75(37(3)4,38(5)6)74-50-28-26-46(33-53(50)70-15)32-42(10)52-35-49(62)41(9)31-44(12)55(64)56(71-16)54(63)43(11)30-39(7)22-18-17-19-23-40(8)51(69-14)34-47-27-25-45(13)60(68,73-47)57(65)58(66)61-29-21-20-24-48(61)59(67)72-52/h17-19,22-23,31,36-39,41-43,45-48,50-53,55-56,64,68H,20-21,24-30,32-35H2,1-16H3/b19-17+,22-18-,40-23+,44-31+/t39-,41-,42-,43-,45-,46+,47+,48+,50-,51+,52+,53-,55-,56+,60-/m1/s1. The molecule has 0 aromatic heterocycles. The summed E-state index contributed by atoms with van der Waals surface area (Å²) < 4.78 is 37.6. The van der Waals surface area contributed by atoms with Crippen LogP contribution in [-0.2, 0) is 52.1 Å². The lowest BCUT2D eigenvalue weighted by Crippen LogP contribution is -2.61. The molecule has 15 atom stereocenters. The second-order valence-electron chi connectivity index (χ2n) is 24.0. The Balaban J connectivity index is 1.71. The highest BCUT2D eigenvalue weighted by Gasteiger charge is 2.53. The summed E-state index contributed by atoms with van der Waals surface area (Å²) in [6.07, 6.45) is 12.7. The van der Waals surface area contributed by atoms with Gasteiger partial charge in [-0.25, -0.2) is 4.79 Å². The second-order valence-corrected chi connectivity index (χ2v) is 29.4. The molecule has 0 spiro atoms. The summed E-state index contributed by atoms with van der Waals surface area (Å²) in [5.41, 5.74) is 2.54. The Bertz CT molecular complexity index is 2010. The molecule has 4 rings (SSSR count). The van der Waals surface area contributed by atoms with E-state index >= 15 is 0 Å².